The topological polar surface area (TPSA) is 43.0 Å². The van der Waals surface area contributed by atoms with Gasteiger partial charge in [0.1, 0.15) is 11.9 Å². The van der Waals surface area contributed by atoms with Crippen LogP contribution in [0.3, 0.4) is 0 Å². The molecule has 4 rings (SSSR count). The average molecular weight is 338 g/mol. The summed E-state index contributed by atoms with van der Waals surface area (Å²) in [6.07, 6.45) is 17.2. The molecule has 0 aromatic rings. The Hall–Kier alpha value is -2.46. The molecule has 2 aliphatic heterocycles. The van der Waals surface area contributed by atoms with E-state index in [0.29, 0.717) is 6.79 Å². The van der Waals surface area contributed by atoms with E-state index in [-0.39, 0.29) is 6.10 Å². The maximum absolute atomic E-state index is 5.55. The summed E-state index contributed by atoms with van der Waals surface area (Å²) in [5.41, 5.74) is 6.62. The molecule has 25 heavy (non-hydrogen) atoms. The first-order valence-corrected chi connectivity index (χ1v) is 8.65. The summed E-state index contributed by atoms with van der Waals surface area (Å²) in [4.78, 5) is 2.31. The van der Waals surface area contributed by atoms with Crippen LogP contribution in [0.25, 0.3) is 0 Å². The van der Waals surface area contributed by atoms with Gasteiger partial charge in [0, 0.05) is 30.9 Å². The van der Waals surface area contributed by atoms with E-state index in [9.17, 15) is 0 Å². The van der Waals surface area contributed by atoms with Crippen LogP contribution in [0.2, 0.25) is 0 Å². The summed E-state index contributed by atoms with van der Waals surface area (Å²) in [6, 6.07) is 0. The Kier molecular flexibility index (Phi) is 4.89. The van der Waals surface area contributed by atoms with E-state index < -0.39 is 0 Å². The maximum Gasteiger partial charge on any atom is 0.190 e. The molecule has 0 amide bonds. The van der Waals surface area contributed by atoms with E-state index in [1.165, 1.54) is 0 Å². The van der Waals surface area contributed by atoms with Crippen LogP contribution in [0.4, 0.5) is 0 Å². The van der Waals surface area contributed by atoms with E-state index in [4.69, 9.17) is 14.2 Å². The van der Waals surface area contributed by atoms with Gasteiger partial charge >= 0.3 is 0 Å². The third kappa shape index (κ3) is 4.15. The molecule has 0 aromatic carbocycles. The van der Waals surface area contributed by atoms with Gasteiger partial charge in [-0.1, -0.05) is 11.8 Å². The molecule has 1 fully saturated rings. The molecule has 5 nitrogen and oxygen atoms in total. The highest BCUT2D eigenvalue weighted by molar-refractivity contribution is 5.35. The number of allylic oxidation sites excluding steroid dienone is 5. The second kappa shape index (κ2) is 7.62. The Bertz CT molecular complexity index is 730. The average Bonchev–Trinajstić information content (AvgIpc) is 2.75. The molecule has 4 aliphatic rings. The molecule has 2 bridgehead atoms. The minimum absolute atomic E-state index is 0.0469. The summed E-state index contributed by atoms with van der Waals surface area (Å²) >= 11 is 0. The Morgan fingerprint density at radius 2 is 2.04 bits per heavy atom. The molecule has 0 saturated carbocycles. The van der Waals surface area contributed by atoms with Gasteiger partial charge < -0.3 is 24.4 Å². The van der Waals surface area contributed by atoms with Crippen molar-refractivity contribution >= 4 is 0 Å². The van der Waals surface area contributed by atoms with Crippen molar-refractivity contribution in [1.82, 2.24) is 10.2 Å². The lowest BCUT2D eigenvalue weighted by molar-refractivity contribution is -0.0499. The van der Waals surface area contributed by atoms with Crippen LogP contribution in [0.1, 0.15) is 6.42 Å². The normalized spacial score (nSPS) is 29.0. The number of rotatable bonds is 3. The number of morpholine rings is 1. The SMILES string of the molecule is C1=C/C=C(/NC2=CC3C=C(C=C2)OCO3)C/C=C\C=1N1CCOCC1. The van der Waals surface area contributed by atoms with Gasteiger partial charge in [-0.25, -0.2) is 0 Å². The van der Waals surface area contributed by atoms with Crippen LogP contribution in [-0.4, -0.2) is 44.1 Å². The highest BCUT2D eigenvalue weighted by atomic mass is 16.7. The lowest BCUT2D eigenvalue weighted by atomic mass is 10.2. The van der Waals surface area contributed by atoms with Gasteiger partial charge in [0.25, 0.3) is 0 Å². The van der Waals surface area contributed by atoms with E-state index in [1.54, 1.807) is 0 Å². The molecule has 5 heteroatoms. The van der Waals surface area contributed by atoms with Crippen molar-refractivity contribution in [2.24, 2.45) is 0 Å². The molecule has 0 spiro atoms. The molecule has 0 aromatic heterocycles. The lowest BCUT2D eigenvalue weighted by Crippen LogP contribution is -2.34. The number of hydrogen-bond donors (Lipinski definition) is 1. The molecule has 1 atom stereocenters. The van der Waals surface area contributed by atoms with Crippen molar-refractivity contribution in [3.05, 3.63) is 77.2 Å². The smallest absolute Gasteiger partial charge is 0.190 e. The van der Waals surface area contributed by atoms with Gasteiger partial charge in [0.05, 0.1) is 18.9 Å². The van der Waals surface area contributed by atoms with Crippen molar-refractivity contribution in [3.8, 4) is 0 Å². The van der Waals surface area contributed by atoms with Gasteiger partial charge in [-0.2, -0.15) is 0 Å². The van der Waals surface area contributed by atoms with Crippen LogP contribution in [0, 0.1) is 0 Å². The van der Waals surface area contributed by atoms with Crippen molar-refractivity contribution in [3.63, 3.8) is 0 Å². The predicted molar refractivity (Wildman–Crippen MR) is 95.1 cm³/mol. The van der Waals surface area contributed by atoms with Gasteiger partial charge in [0.15, 0.2) is 6.79 Å². The first-order valence-electron chi connectivity index (χ1n) is 8.65. The van der Waals surface area contributed by atoms with Gasteiger partial charge in [0.2, 0.25) is 0 Å². The molecule has 130 valence electrons. The van der Waals surface area contributed by atoms with Gasteiger partial charge in [-0.15, -0.1) is 0 Å². The number of nitrogens with zero attached hydrogens (tertiary/aromatic N) is 1. The van der Waals surface area contributed by atoms with Crippen molar-refractivity contribution < 1.29 is 14.2 Å². The molecule has 1 unspecified atom stereocenters. The second-order valence-corrected chi connectivity index (χ2v) is 6.14. The zero-order chi connectivity index (χ0) is 16.9. The number of ether oxygens (including phenoxy) is 3. The molecule has 2 aliphatic carbocycles. The fourth-order valence-electron chi connectivity index (χ4n) is 3.05. The number of fused-ring (bicyclic) bond motifs is 1. The van der Waals surface area contributed by atoms with E-state index >= 15 is 0 Å². The minimum atomic E-state index is -0.0469. The van der Waals surface area contributed by atoms with Crippen molar-refractivity contribution in [1.29, 1.82) is 0 Å². The van der Waals surface area contributed by atoms with Crippen molar-refractivity contribution in [2.45, 2.75) is 12.5 Å². The lowest BCUT2D eigenvalue weighted by Gasteiger charge is -2.28. The largest absolute Gasteiger partial charge is 0.468 e. The minimum Gasteiger partial charge on any atom is -0.468 e. The monoisotopic (exact) mass is 338 g/mol. The van der Waals surface area contributed by atoms with Crippen LogP contribution in [0.15, 0.2) is 77.2 Å². The summed E-state index contributed by atoms with van der Waals surface area (Å²) < 4.78 is 16.4. The third-order valence-corrected chi connectivity index (χ3v) is 4.37. The second-order valence-electron chi connectivity index (χ2n) is 6.14. The summed E-state index contributed by atoms with van der Waals surface area (Å²) in [5.74, 6) is 0.855. The zero-order valence-corrected chi connectivity index (χ0v) is 14.1. The van der Waals surface area contributed by atoms with Crippen LogP contribution in [0.5, 0.6) is 0 Å². The quantitative estimate of drug-likeness (QED) is 0.801. The molecule has 2 heterocycles. The summed E-state index contributed by atoms with van der Waals surface area (Å²) in [5, 5.41) is 3.47. The highest BCUT2D eigenvalue weighted by Crippen LogP contribution is 2.19. The standard InChI is InChI=1S/C20H22N2O3/c1-3-16(4-2-6-18(5-1)22-9-11-23-12-10-22)21-17-7-8-19-14-20(13-17)25-15-24-19/h1-3,6-8,13-14,20-21H,4,9-12,15H2/b6-2-,16-3+. The molecular weight excluding hydrogens is 316 g/mol. The van der Waals surface area contributed by atoms with E-state index in [2.05, 4.69) is 40.3 Å². The highest BCUT2D eigenvalue weighted by Gasteiger charge is 2.15. The predicted octanol–water partition coefficient (Wildman–Crippen LogP) is 2.50. The third-order valence-electron chi connectivity index (χ3n) is 4.37. The molecule has 1 N–H and O–H groups in total. The first-order chi connectivity index (χ1) is 12.4. The molecule has 1 saturated heterocycles. The fourth-order valence-corrected chi connectivity index (χ4v) is 3.05. The molecular formula is C20H22N2O3. The molecule has 0 radical (unpaired) electrons. The fraction of sp³-hybridized carbons (Fsp3) is 0.350. The Morgan fingerprint density at radius 3 is 2.96 bits per heavy atom. The Balaban J connectivity index is 1.47. The maximum atomic E-state index is 5.55. The number of nitrogens with one attached hydrogen (secondary N) is 1. The summed E-state index contributed by atoms with van der Waals surface area (Å²) in [6.45, 7) is 3.71. The van der Waals surface area contributed by atoms with Crippen molar-refractivity contribution in [2.75, 3.05) is 33.1 Å². The van der Waals surface area contributed by atoms with Gasteiger partial charge in [-0.3, -0.25) is 0 Å². The van der Waals surface area contributed by atoms with E-state index in [0.717, 1.165) is 55.6 Å². The zero-order valence-electron chi connectivity index (χ0n) is 14.1. The van der Waals surface area contributed by atoms with Gasteiger partial charge in [-0.05, 0) is 42.5 Å². The summed E-state index contributed by atoms with van der Waals surface area (Å²) in [7, 11) is 0. The van der Waals surface area contributed by atoms with Crippen LogP contribution >= 0.6 is 0 Å². The first kappa shape index (κ1) is 16.0. The Labute approximate surface area is 147 Å². The van der Waals surface area contributed by atoms with Crippen LogP contribution in [-0.2, 0) is 14.2 Å². The van der Waals surface area contributed by atoms with E-state index in [1.807, 2.05) is 24.3 Å². The van der Waals surface area contributed by atoms with Crippen LogP contribution < -0.4 is 5.32 Å². The number of hydrogen-bond acceptors (Lipinski definition) is 5. The Morgan fingerprint density at radius 1 is 1.12 bits per heavy atom.